The van der Waals surface area contributed by atoms with Crippen molar-refractivity contribution >= 4 is 29.1 Å². The average molecular weight is 323 g/mol. The third kappa shape index (κ3) is 4.47. The fraction of sp³-hybridized carbons (Fsp3) is 0.333. The molecule has 0 atom stereocenters. The Bertz CT molecular complexity index is 637. The average Bonchev–Trinajstić information content (AvgIpc) is 2.47. The van der Waals surface area contributed by atoms with E-state index in [1.807, 2.05) is 19.1 Å². The highest BCUT2D eigenvalue weighted by Gasteiger charge is 2.05. The number of rotatable bonds is 7. The van der Waals surface area contributed by atoms with Crippen LogP contribution in [0.5, 0.6) is 5.75 Å². The van der Waals surface area contributed by atoms with E-state index in [0.29, 0.717) is 35.7 Å². The van der Waals surface area contributed by atoms with Crippen molar-refractivity contribution in [3.8, 4) is 5.75 Å². The van der Waals surface area contributed by atoms with Crippen LogP contribution in [0.2, 0.25) is 5.02 Å². The van der Waals surface area contributed by atoms with Gasteiger partial charge >= 0.3 is 0 Å². The van der Waals surface area contributed by atoms with Gasteiger partial charge in [0.05, 0.1) is 18.7 Å². The Morgan fingerprint density at radius 3 is 2.68 bits per heavy atom. The zero-order chi connectivity index (χ0) is 15.9. The van der Waals surface area contributed by atoms with Gasteiger partial charge in [-0.2, -0.15) is 4.98 Å². The number of halogens is 1. The Balaban J connectivity index is 2.13. The number of hydrogen-bond donors (Lipinski definition) is 2. The number of benzene rings is 1. The first-order chi connectivity index (χ1) is 10.6. The van der Waals surface area contributed by atoms with Crippen LogP contribution in [0.1, 0.15) is 5.69 Å². The van der Waals surface area contributed by atoms with Gasteiger partial charge in [0.2, 0.25) is 5.95 Å². The molecule has 118 valence electrons. The second kappa shape index (κ2) is 7.82. The molecular weight excluding hydrogens is 304 g/mol. The summed E-state index contributed by atoms with van der Waals surface area (Å²) in [6.07, 6.45) is 0. The van der Waals surface area contributed by atoms with Crippen LogP contribution in [0, 0.1) is 6.92 Å². The summed E-state index contributed by atoms with van der Waals surface area (Å²) in [5.74, 6) is 1.88. The molecule has 0 aliphatic carbocycles. The number of nitrogens with one attached hydrogen (secondary N) is 2. The quantitative estimate of drug-likeness (QED) is 0.763. The molecule has 1 heterocycles. The van der Waals surface area contributed by atoms with Crippen molar-refractivity contribution in [1.82, 2.24) is 9.97 Å². The minimum Gasteiger partial charge on any atom is -0.495 e. The highest BCUT2D eigenvalue weighted by atomic mass is 35.5. The summed E-state index contributed by atoms with van der Waals surface area (Å²) >= 11 is 6.12. The smallest absolute Gasteiger partial charge is 0.224 e. The number of aryl methyl sites for hydroxylation is 1. The molecule has 0 aliphatic rings. The lowest BCUT2D eigenvalue weighted by molar-refractivity contribution is 0.210. The predicted molar refractivity (Wildman–Crippen MR) is 88.4 cm³/mol. The summed E-state index contributed by atoms with van der Waals surface area (Å²) in [6.45, 7) is 3.15. The number of hydrogen-bond acceptors (Lipinski definition) is 6. The molecule has 1 aromatic carbocycles. The van der Waals surface area contributed by atoms with E-state index in [4.69, 9.17) is 21.1 Å². The molecule has 0 radical (unpaired) electrons. The van der Waals surface area contributed by atoms with Gasteiger partial charge in [0, 0.05) is 31.1 Å². The van der Waals surface area contributed by atoms with Gasteiger partial charge in [-0.05, 0) is 25.1 Å². The van der Waals surface area contributed by atoms with Crippen molar-refractivity contribution < 1.29 is 9.47 Å². The molecule has 2 N–H and O–H groups in total. The lowest BCUT2D eigenvalue weighted by atomic mass is 10.3. The number of nitrogens with zero attached hydrogens (tertiary/aromatic N) is 2. The molecule has 0 aliphatic heterocycles. The van der Waals surface area contributed by atoms with Gasteiger partial charge in [-0.15, -0.1) is 0 Å². The number of anilines is 3. The Morgan fingerprint density at radius 2 is 2.00 bits per heavy atom. The standard InChI is InChI=1S/C15H19ClN4O2/c1-10-8-14(20-15(18-10)17-6-7-21-2)19-11-4-5-13(22-3)12(16)9-11/h4-5,8-9H,6-7H2,1-3H3,(H2,17,18,19,20). The highest BCUT2D eigenvalue weighted by Crippen LogP contribution is 2.28. The highest BCUT2D eigenvalue weighted by molar-refractivity contribution is 6.32. The molecule has 0 bridgehead atoms. The second-order valence-electron chi connectivity index (χ2n) is 4.61. The van der Waals surface area contributed by atoms with Crippen molar-refractivity contribution in [2.45, 2.75) is 6.92 Å². The fourth-order valence-electron chi connectivity index (χ4n) is 1.87. The van der Waals surface area contributed by atoms with E-state index < -0.39 is 0 Å². The molecule has 0 fully saturated rings. The molecule has 1 aromatic heterocycles. The molecule has 0 saturated heterocycles. The zero-order valence-corrected chi connectivity index (χ0v) is 13.6. The van der Waals surface area contributed by atoms with Crippen LogP contribution < -0.4 is 15.4 Å². The van der Waals surface area contributed by atoms with Crippen LogP contribution >= 0.6 is 11.6 Å². The van der Waals surface area contributed by atoms with E-state index in [-0.39, 0.29) is 0 Å². The van der Waals surface area contributed by atoms with E-state index in [0.717, 1.165) is 11.4 Å². The molecule has 0 unspecified atom stereocenters. The minimum atomic E-state index is 0.539. The number of methoxy groups -OCH3 is 2. The largest absolute Gasteiger partial charge is 0.495 e. The molecule has 2 rings (SSSR count). The number of ether oxygens (including phenoxy) is 2. The molecular formula is C15H19ClN4O2. The number of aromatic nitrogens is 2. The first-order valence-corrected chi connectivity index (χ1v) is 7.19. The van der Waals surface area contributed by atoms with Crippen LogP contribution in [0.25, 0.3) is 0 Å². The van der Waals surface area contributed by atoms with Crippen LogP contribution in [-0.2, 0) is 4.74 Å². The zero-order valence-electron chi connectivity index (χ0n) is 12.8. The summed E-state index contributed by atoms with van der Waals surface area (Å²) in [6, 6.07) is 7.33. The lowest BCUT2D eigenvalue weighted by Crippen LogP contribution is -2.11. The molecule has 22 heavy (non-hydrogen) atoms. The first kappa shape index (κ1) is 16.3. The summed E-state index contributed by atoms with van der Waals surface area (Å²) < 4.78 is 10.1. The Morgan fingerprint density at radius 1 is 1.18 bits per heavy atom. The van der Waals surface area contributed by atoms with Gasteiger partial charge in [-0.25, -0.2) is 4.98 Å². The van der Waals surface area contributed by atoms with E-state index >= 15 is 0 Å². The van der Waals surface area contributed by atoms with Crippen LogP contribution in [0.15, 0.2) is 24.3 Å². The molecule has 6 nitrogen and oxygen atoms in total. The van der Waals surface area contributed by atoms with Crippen molar-refractivity contribution in [2.24, 2.45) is 0 Å². The third-order valence-electron chi connectivity index (χ3n) is 2.87. The minimum absolute atomic E-state index is 0.539. The maximum atomic E-state index is 6.12. The van der Waals surface area contributed by atoms with Crippen LogP contribution in [0.4, 0.5) is 17.5 Å². The third-order valence-corrected chi connectivity index (χ3v) is 3.16. The van der Waals surface area contributed by atoms with E-state index in [1.165, 1.54) is 0 Å². The summed E-state index contributed by atoms with van der Waals surface area (Å²) in [4.78, 5) is 8.74. The fourth-order valence-corrected chi connectivity index (χ4v) is 2.13. The van der Waals surface area contributed by atoms with Gasteiger partial charge in [-0.3, -0.25) is 0 Å². The molecule has 7 heteroatoms. The van der Waals surface area contributed by atoms with Gasteiger partial charge in [0.1, 0.15) is 11.6 Å². The lowest BCUT2D eigenvalue weighted by Gasteiger charge is -2.11. The Labute approximate surface area is 134 Å². The summed E-state index contributed by atoms with van der Waals surface area (Å²) in [5, 5.41) is 6.85. The molecule has 0 amide bonds. The van der Waals surface area contributed by atoms with Gasteiger partial charge in [0.25, 0.3) is 0 Å². The van der Waals surface area contributed by atoms with Gasteiger partial charge < -0.3 is 20.1 Å². The normalized spacial score (nSPS) is 10.4. The van der Waals surface area contributed by atoms with Crippen molar-refractivity contribution in [3.05, 3.63) is 35.0 Å². The van der Waals surface area contributed by atoms with Crippen molar-refractivity contribution in [3.63, 3.8) is 0 Å². The van der Waals surface area contributed by atoms with E-state index in [9.17, 15) is 0 Å². The first-order valence-electron chi connectivity index (χ1n) is 6.81. The van der Waals surface area contributed by atoms with Crippen LogP contribution in [-0.4, -0.2) is 37.3 Å². The van der Waals surface area contributed by atoms with Crippen molar-refractivity contribution in [2.75, 3.05) is 38.0 Å². The van der Waals surface area contributed by atoms with Crippen molar-refractivity contribution in [1.29, 1.82) is 0 Å². The molecule has 0 spiro atoms. The molecule has 2 aromatic rings. The summed E-state index contributed by atoms with van der Waals surface area (Å²) in [5.41, 5.74) is 1.68. The second-order valence-corrected chi connectivity index (χ2v) is 5.02. The van der Waals surface area contributed by atoms with E-state index in [2.05, 4.69) is 20.6 Å². The molecule has 0 saturated carbocycles. The monoisotopic (exact) mass is 322 g/mol. The van der Waals surface area contributed by atoms with Gasteiger partial charge in [0.15, 0.2) is 0 Å². The topological polar surface area (TPSA) is 68.3 Å². The maximum absolute atomic E-state index is 6.12. The predicted octanol–water partition coefficient (Wildman–Crippen LogP) is 3.25. The Hall–Kier alpha value is -2.05. The summed E-state index contributed by atoms with van der Waals surface area (Å²) in [7, 11) is 3.24. The van der Waals surface area contributed by atoms with Gasteiger partial charge in [-0.1, -0.05) is 11.6 Å². The SMILES string of the molecule is COCCNc1nc(C)cc(Nc2ccc(OC)c(Cl)c2)n1. The van der Waals surface area contributed by atoms with E-state index in [1.54, 1.807) is 26.4 Å². The van der Waals surface area contributed by atoms with Crippen LogP contribution in [0.3, 0.4) is 0 Å². The Kier molecular flexibility index (Phi) is 5.80. The maximum Gasteiger partial charge on any atom is 0.224 e.